The molecule has 0 bridgehead atoms. The summed E-state index contributed by atoms with van der Waals surface area (Å²) in [6, 6.07) is 4.13. The number of nitrogens with zero attached hydrogens (tertiary/aromatic N) is 5. The van der Waals surface area contributed by atoms with Gasteiger partial charge in [0, 0.05) is 26.4 Å². The molecule has 1 heterocycles. The average Bonchev–Trinajstić information content (AvgIpc) is 2.71. The van der Waals surface area contributed by atoms with Crippen molar-refractivity contribution in [3.05, 3.63) is 33.9 Å². The van der Waals surface area contributed by atoms with Gasteiger partial charge in [-0.05, 0) is 12.1 Å². The van der Waals surface area contributed by atoms with Gasteiger partial charge < -0.3 is 25.2 Å². The first kappa shape index (κ1) is 25.7. The standard InChI is InChI=1S/C18H18N6O9S/c1-23(2)11-5-4-9(8-19)6-12(11)33-16-14(24(29)30)15(21-18(22-16)34(3,31)32)20-10(17(27)28)7-13(25)26/h4-6,10H,7H2,1-3H3,(H,25,26)(H,27,28)(H,20,21,22). The molecule has 2 rings (SSSR count). The van der Waals surface area contributed by atoms with Crippen molar-refractivity contribution in [2.24, 2.45) is 0 Å². The van der Waals surface area contributed by atoms with Gasteiger partial charge in [0.1, 0.15) is 6.04 Å². The second-order valence-corrected chi connectivity index (χ2v) is 8.87. The third-order valence-corrected chi connectivity index (χ3v) is 4.96. The molecular formula is C18H18N6O9S. The number of carboxylic acid groups (broad SMARTS) is 2. The van der Waals surface area contributed by atoms with Gasteiger partial charge in [0.25, 0.3) is 5.16 Å². The Bertz CT molecular complexity index is 1300. The fourth-order valence-electron chi connectivity index (χ4n) is 2.60. The van der Waals surface area contributed by atoms with Crippen LogP contribution in [0.5, 0.6) is 11.6 Å². The Morgan fingerprint density at radius 2 is 1.97 bits per heavy atom. The molecular weight excluding hydrogens is 476 g/mol. The van der Waals surface area contributed by atoms with Crippen LogP contribution in [0.25, 0.3) is 0 Å². The Kier molecular flexibility index (Phi) is 7.54. The number of sulfone groups is 1. The normalized spacial score (nSPS) is 11.7. The van der Waals surface area contributed by atoms with Crippen LogP contribution in [0, 0.1) is 21.4 Å². The fraction of sp³-hybridized carbons (Fsp3) is 0.278. The number of nitrogens with one attached hydrogen (secondary N) is 1. The van der Waals surface area contributed by atoms with Gasteiger partial charge in [-0.15, -0.1) is 0 Å². The van der Waals surface area contributed by atoms with Crippen LogP contribution in [0.15, 0.2) is 23.4 Å². The molecule has 34 heavy (non-hydrogen) atoms. The van der Waals surface area contributed by atoms with Gasteiger partial charge in [0.15, 0.2) is 5.75 Å². The number of rotatable bonds is 10. The van der Waals surface area contributed by atoms with Crippen LogP contribution in [-0.2, 0) is 19.4 Å². The summed E-state index contributed by atoms with van der Waals surface area (Å²) in [5.41, 5.74) is -0.584. The zero-order valence-electron chi connectivity index (χ0n) is 17.9. The third kappa shape index (κ3) is 6.04. The summed E-state index contributed by atoms with van der Waals surface area (Å²) in [4.78, 5) is 41.9. The molecule has 0 aliphatic heterocycles. The van der Waals surface area contributed by atoms with E-state index in [0.29, 0.717) is 11.9 Å². The van der Waals surface area contributed by atoms with E-state index in [-0.39, 0.29) is 11.3 Å². The number of carbonyl (C=O) groups is 2. The smallest absolute Gasteiger partial charge is 0.373 e. The Morgan fingerprint density at radius 1 is 1.32 bits per heavy atom. The molecule has 0 saturated carbocycles. The number of hydrogen-bond acceptors (Lipinski definition) is 12. The summed E-state index contributed by atoms with van der Waals surface area (Å²) in [5.74, 6) is -5.08. The number of hydrogen-bond donors (Lipinski definition) is 3. The number of nitro groups is 1. The zero-order chi connectivity index (χ0) is 25.8. The maximum absolute atomic E-state index is 12.1. The van der Waals surface area contributed by atoms with Crippen molar-refractivity contribution >= 4 is 39.0 Å². The number of ether oxygens (including phenoxy) is 1. The molecule has 1 atom stereocenters. The lowest BCUT2D eigenvalue weighted by Gasteiger charge is -2.18. The number of aliphatic carboxylic acids is 2. The van der Waals surface area contributed by atoms with Crippen molar-refractivity contribution in [3.63, 3.8) is 0 Å². The van der Waals surface area contributed by atoms with E-state index in [1.165, 1.54) is 18.2 Å². The molecule has 3 N–H and O–H groups in total. The second kappa shape index (κ2) is 9.95. The topological polar surface area (TPSA) is 226 Å². The van der Waals surface area contributed by atoms with Gasteiger partial charge in [0.05, 0.1) is 28.7 Å². The highest BCUT2D eigenvalue weighted by Gasteiger charge is 2.33. The molecule has 2 aromatic rings. The van der Waals surface area contributed by atoms with Crippen LogP contribution in [0.3, 0.4) is 0 Å². The lowest BCUT2D eigenvalue weighted by atomic mass is 10.2. The molecule has 0 fully saturated rings. The largest absolute Gasteiger partial charge is 0.481 e. The molecule has 16 heteroatoms. The van der Waals surface area contributed by atoms with Crippen molar-refractivity contribution in [2.45, 2.75) is 17.6 Å². The Hall–Kier alpha value is -4.52. The third-order valence-electron chi connectivity index (χ3n) is 4.11. The lowest BCUT2D eigenvalue weighted by molar-refractivity contribution is -0.385. The average molecular weight is 494 g/mol. The highest BCUT2D eigenvalue weighted by Crippen LogP contribution is 2.39. The van der Waals surface area contributed by atoms with E-state index in [1.54, 1.807) is 19.0 Å². The summed E-state index contributed by atoms with van der Waals surface area (Å²) < 4.78 is 29.8. The van der Waals surface area contributed by atoms with Crippen LogP contribution in [0.4, 0.5) is 17.2 Å². The number of carboxylic acids is 2. The second-order valence-electron chi connectivity index (χ2n) is 6.96. The van der Waals surface area contributed by atoms with E-state index >= 15 is 0 Å². The Balaban J connectivity index is 2.79. The molecule has 180 valence electrons. The lowest BCUT2D eigenvalue weighted by Crippen LogP contribution is -2.32. The van der Waals surface area contributed by atoms with Crippen LogP contribution in [0.1, 0.15) is 12.0 Å². The van der Waals surface area contributed by atoms with Crippen molar-refractivity contribution in [2.75, 3.05) is 30.6 Å². The molecule has 1 aromatic heterocycles. The zero-order valence-corrected chi connectivity index (χ0v) is 18.7. The number of nitriles is 1. The van der Waals surface area contributed by atoms with Gasteiger partial charge in [-0.25, -0.2) is 13.2 Å². The molecule has 0 amide bonds. The Labute approximate surface area is 192 Å². The summed E-state index contributed by atoms with van der Waals surface area (Å²) in [5, 5.41) is 40.4. The monoisotopic (exact) mass is 494 g/mol. The van der Waals surface area contributed by atoms with Crippen LogP contribution >= 0.6 is 0 Å². The summed E-state index contributed by atoms with van der Waals surface area (Å²) in [7, 11) is -0.968. The van der Waals surface area contributed by atoms with Crippen molar-refractivity contribution in [1.82, 2.24) is 9.97 Å². The van der Waals surface area contributed by atoms with Crippen molar-refractivity contribution in [3.8, 4) is 17.7 Å². The molecule has 0 aliphatic carbocycles. The van der Waals surface area contributed by atoms with Gasteiger partial charge in [-0.1, -0.05) is 0 Å². The summed E-state index contributed by atoms with van der Waals surface area (Å²) in [6.45, 7) is 0. The minimum Gasteiger partial charge on any atom is -0.481 e. The molecule has 0 saturated heterocycles. The number of anilines is 2. The van der Waals surface area contributed by atoms with Gasteiger partial charge >= 0.3 is 23.5 Å². The number of benzene rings is 1. The molecule has 0 radical (unpaired) electrons. The predicted octanol–water partition coefficient (Wildman–Crippen LogP) is 0.858. The summed E-state index contributed by atoms with van der Waals surface area (Å²) >= 11 is 0. The van der Waals surface area contributed by atoms with Crippen LogP contribution in [-0.4, -0.2) is 71.9 Å². The van der Waals surface area contributed by atoms with E-state index in [0.717, 1.165) is 0 Å². The number of aromatic nitrogens is 2. The van der Waals surface area contributed by atoms with Gasteiger partial charge in [-0.3, -0.25) is 14.9 Å². The quantitative estimate of drug-likeness (QED) is 0.236. The Morgan fingerprint density at radius 3 is 2.44 bits per heavy atom. The SMILES string of the molecule is CN(C)c1ccc(C#N)cc1Oc1nc(S(C)(=O)=O)nc(NC(CC(=O)O)C(=O)O)c1[N+](=O)[O-]. The highest BCUT2D eigenvalue weighted by atomic mass is 32.2. The first-order valence-corrected chi connectivity index (χ1v) is 11.0. The molecule has 1 aromatic carbocycles. The molecule has 15 nitrogen and oxygen atoms in total. The first-order chi connectivity index (χ1) is 15.7. The van der Waals surface area contributed by atoms with E-state index < -0.39 is 61.7 Å². The first-order valence-electron chi connectivity index (χ1n) is 9.11. The molecule has 0 spiro atoms. The van der Waals surface area contributed by atoms with Crippen molar-refractivity contribution in [1.29, 1.82) is 5.26 Å². The van der Waals surface area contributed by atoms with E-state index in [1.807, 2.05) is 6.07 Å². The van der Waals surface area contributed by atoms with E-state index in [9.17, 15) is 38.5 Å². The minimum atomic E-state index is -4.19. The predicted molar refractivity (Wildman–Crippen MR) is 115 cm³/mol. The van der Waals surface area contributed by atoms with Crippen LogP contribution < -0.4 is 15.0 Å². The van der Waals surface area contributed by atoms with Crippen molar-refractivity contribution < 1.29 is 37.9 Å². The van der Waals surface area contributed by atoms with Gasteiger partial charge in [0.2, 0.25) is 15.7 Å². The van der Waals surface area contributed by atoms with E-state index in [2.05, 4.69) is 15.3 Å². The maximum Gasteiger partial charge on any atom is 0.373 e. The van der Waals surface area contributed by atoms with Gasteiger partial charge in [-0.2, -0.15) is 15.2 Å². The maximum atomic E-state index is 12.1. The molecule has 0 aliphatic rings. The van der Waals surface area contributed by atoms with Crippen LogP contribution in [0.2, 0.25) is 0 Å². The molecule has 1 unspecified atom stereocenters. The fourth-order valence-corrected chi connectivity index (χ4v) is 3.10. The highest BCUT2D eigenvalue weighted by molar-refractivity contribution is 7.90. The van der Waals surface area contributed by atoms with E-state index in [4.69, 9.17) is 9.84 Å². The summed E-state index contributed by atoms with van der Waals surface area (Å²) in [6.07, 6.45) is -0.301. The minimum absolute atomic E-state index is 0.100.